The zero-order valence-electron chi connectivity index (χ0n) is 19.3. The standard InChI is InChI=1S/C22H23F3N6O5S/c23-22(24,25)36-17-3-1-2-14(9-17)11-31-7-6-19(30-31)20(32)18-10-27-13-28-21(18)29-16-5-4-15(8-16)12-35-37(26,33)34/h1-3,6-7,9-10,13,15-16H,4-5,8,11-12H2,(H2,26,33,34)(H,27,28,29). The van der Waals surface area contributed by atoms with E-state index in [1.807, 2.05) is 0 Å². The summed E-state index contributed by atoms with van der Waals surface area (Å²) in [7, 11) is -4.01. The van der Waals surface area contributed by atoms with Crippen LogP contribution in [0.1, 0.15) is 40.9 Å². The number of hydrogen-bond donors (Lipinski definition) is 2. The number of nitrogens with two attached hydrogens (primary N) is 1. The second-order valence-electron chi connectivity index (χ2n) is 8.51. The second-order valence-corrected chi connectivity index (χ2v) is 9.73. The summed E-state index contributed by atoms with van der Waals surface area (Å²) in [6, 6.07) is 6.90. The number of halogens is 3. The van der Waals surface area contributed by atoms with Crippen molar-refractivity contribution < 1.29 is 35.3 Å². The third kappa shape index (κ3) is 7.71. The van der Waals surface area contributed by atoms with Crippen molar-refractivity contribution in [3.05, 3.63) is 65.9 Å². The van der Waals surface area contributed by atoms with Crippen LogP contribution in [0.4, 0.5) is 19.0 Å². The normalized spacial score (nSPS) is 18.1. The molecule has 3 aromatic rings. The van der Waals surface area contributed by atoms with E-state index in [4.69, 9.17) is 5.14 Å². The molecule has 2 heterocycles. The van der Waals surface area contributed by atoms with Crippen molar-refractivity contribution in [1.29, 1.82) is 0 Å². The number of nitrogens with zero attached hydrogens (tertiary/aromatic N) is 4. The van der Waals surface area contributed by atoms with Crippen LogP contribution < -0.4 is 15.2 Å². The van der Waals surface area contributed by atoms with Crippen LogP contribution in [0.15, 0.2) is 49.1 Å². The Labute approximate surface area is 210 Å². The van der Waals surface area contributed by atoms with Crippen LogP contribution in [0.5, 0.6) is 5.75 Å². The zero-order valence-corrected chi connectivity index (χ0v) is 20.1. The van der Waals surface area contributed by atoms with Gasteiger partial charge in [0.05, 0.1) is 18.7 Å². The molecule has 37 heavy (non-hydrogen) atoms. The van der Waals surface area contributed by atoms with Crippen molar-refractivity contribution in [2.24, 2.45) is 11.1 Å². The first-order valence-corrected chi connectivity index (χ1v) is 12.6. The van der Waals surface area contributed by atoms with Crippen molar-refractivity contribution >= 4 is 21.9 Å². The van der Waals surface area contributed by atoms with E-state index in [0.29, 0.717) is 30.6 Å². The lowest BCUT2D eigenvalue weighted by molar-refractivity contribution is -0.274. The number of hydrogen-bond acceptors (Lipinski definition) is 9. The van der Waals surface area contributed by atoms with Gasteiger partial charge in [0.2, 0.25) is 5.78 Å². The van der Waals surface area contributed by atoms with E-state index in [9.17, 15) is 26.4 Å². The van der Waals surface area contributed by atoms with Crippen molar-refractivity contribution in [2.75, 3.05) is 11.9 Å². The van der Waals surface area contributed by atoms with Crippen LogP contribution in [0.25, 0.3) is 0 Å². The largest absolute Gasteiger partial charge is 0.573 e. The van der Waals surface area contributed by atoms with Gasteiger partial charge in [-0.3, -0.25) is 13.7 Å². The maximum Gasteiger partial charge on any atom is 0.573 e. The molecule has 0 bridgehead atoms. The Balaban J connectivity index is 1.41. The SMILES string of the molecule is NS(=O)(=O)OCC1CCC(Nc2ncncc2C(=O)c2ccn(Cc3cccc(OC(F)(F)F)c3)n2)C1. The van der Waals surface area contributed by atoms with Gasteiger partial charge >= 0.3 is 16.7 Å². The number of alkyl halides is 3. The molecule has 0 aliphatic heterocycles. The highest BCUT2D eigenvalue weighted by Gasteiger charge is 2.31. The van der Waals surface area contributed by atoms with Gasteiger partial charge in [-0.05, 0) is 48.9 Å². The first kappa shape index (κ1) is 26.5. The molecule has 1 fully saturated rings. The Kier molecular flexibility index (Phi) is 7.75. The first-order valence-electron chi connectivity index (χ1n) is 11.1. The van der Waals surface area contributed by atoms with Gasteiger partial charge in [0.25, 0.3) is 0 Å². The van der Waals surface area contributed by atoms with Crippen LogP contribution in [-0.2, 0) is 21.0 Å². The van der Waals surface area contributed by atoms with Crippen molar-refractivity contribution in [1.82, 2.24) is 19.7 Å². The lowest BCUT2D eigenvalue weighted by atomic mass is 10.1. The molecule has 0 saturated heterocycles. The van der Waals surface area contributed by atoms with Gasteiger partial charge in [-0.25, -0.2) is 15.1 Å². The molecule has 4 rings (SSSR count). The molecule has 1 saturated carbocycles. The number of rotatable bonds is 10. The molecular formula is C22H23F3N6O5S. The summed E-state index contributed by atoms with van der Waals surface area (Å²) in [6.07, 6.45) is 1.41. The van der Waals surface area contributed by atoms with Crippen LogP contribution in [0.3, 0.4) is 0 Å². The highest BCUT2D eigenvalue weighted by atomic mass is 32.2. The average Bonchev–Trinajstić information content (AvgIpc) is 3.46. The van der Waals surface area contributed by atoms with E-state index in [-0.39, 0.29) is 42.1 Å². The Morgan fingerprint density at radius 1 is 1.24 bits per heavy atom. The summed E-state index contributed by atoms with van der Waals surface area (Å²) in [5, 5.41) is 12.3. The van der Waals surface area contributed by atoms with E-state index < -0.39 is 22.4 Å². The smallest absolute Gasteiger partial charge is 0.406 e. The van der Waals surface area contributed by atoms with Crippen molar-refractivity contribution in [3.8, 4) is 5.75 Å². The van der Waals surface area contributed by atoms with Gasteiger partial charge in [0, 0.05) is 18.4 Å². The lowest BCUT2D eigenvalue weighted by Crippen LogP contribution is -2.22. The molecule has 0 amide bonds. The Morgan fingerprint density at radius 2 is 2.05 bits per heavy atom. The summed E-state index contributed by atoms with van der Waals surface area (Å²) in [6.45, 7) is 0.0953. The summed E-state index contributed by atoms with van der Waals surface area (Å²) >= 11 is 0. The minimum Gasteiger partial charge on any atom is -0.406 e. The van der Waals surface area contributed by atoms with Gasteiger partial charge < -0.3 is 10.1 Å². The second kappa shape index (κ2) is 10.8. The summed E-state index contributed by atoms with van der Waals surface area (Å²) in [5.74, 6) is -0.504. The Morgan fingerprint density at radius 3 is 2.81 bits per heavy atom. The number of nitrogens with one attached hydrogen (secondary N) is 1. The molecular weight excluding hydrogens is 517 g/mol. The number of carbonyl (C=O) groups is 1. The Bertz CT molecular complexity index is 1360. The van der Waals surface area contributed by atoms with E-state index in [1.165, 1.54) is 47.7 Å². The molecule has 1 aliphatic carbocycles. The number of anilines is 1. The van der Waals surface area contributed by atoms with E-state index >= 15 is 0 Å². The molecule has 1 aromatic carbocycles. The predicted octanol–water partition coefficient (Wildman–Crippen LogP) is 2.65. The fraction of sp³-hybridized carbons (Fsp3) is 0.364. The van der Waals surface area contributed by atoms with Crippen LogP contribution in [0.2, 0.25) is 0 Å². The molecule has 3 N–H and O–H groups in total. The van der Waals surface area contributed by atoms with Crippen LogP contribution >= 0.6 is 0 Å². The van der Waals surface area contributed by atoms with E-state index in [0.717, 1.165) is 0 Å². The van der Waals surface area contributed by atoms with Gasteiger partial charge in [-0.15, -0.1) is 13.2 Å². The maximum atomic E-state index is 13.2. The maximum absolute atomic E-state index is 13.2. The highest BCUT2D eigenvalue weighted by molar-refractivity contribution is 7.84. The minimum atomic E-state index is -4.80. The molecule has 2 unspecified atom stereocenters. The summed E-state index contributed by atoms with van der Waals surface area (Å²) in [5.41, 5.74) is 0.792. The minimum absolute atomic E-state index is 0.0186. The number of aromatic nitrogens is 4. The molecule has 2 atom stereocenters. The topological polar surface area (TPSA) is 151 Å². The third-order valence-corrected chi connectivity index (χ3v) is 6.12. The average molecular weight is 541 g/mol. The highest BCUT2D eigenvalue weighted by Crippen LogP contribution is 2.29. The third-order valence-electron chi connectivity index (χ3n) is 5.66. The van der Waals surface area contributed by atoms with E-state index in [1.54, 1.807) is 6.07 Å². The lowest BCUT2D eigenvalue weighted by Gasteiger charge is -2.15. The monoisotopic (exact) mass is 540 g/mol. The predicted molar refractivity (Wildman–Crippen MR) is 124 cm³/mol. The molecule has 0 spiro atoms. The van der Waals surface area contributed by atoms with Crippen molar-refractivity contribution in [3.63, 3.8) is 0 Å². The zero-order chi connectivity index (χ0) is 26.6. The van der Waals surface area contributed by atoms with Gasteiger partial charge in [0.15, 0.2) is 0 Å². The van der Waals surface area contributed by atoms with Gasteiger partial charge in [-0.2, -0.15) is 13.5 Å². The fourth-order valence-corrected chi connectivity index (χ4v) is 4.47. The number of benzene rings is 1. The summed E-state index contributed by atoms with van der Waals surface area (Å²) in [4.78, 5) is 21.3. The molecule has 198 valence electrons. The molecule has 0 radical (unpaired) electrons. The molecule has 1 aliphatic rings. The van der Waals surface area contributed by atoms with Crippen LogP contribution in [-0.4, -0.2) is 53.0 Å². The quantitative estimate of drug-likeness (QED) is 0.370. The first-order chi connectivity index (χ1) is 17.4. The van der Waals surface area contributed by atoms with Crippen LogP contribution in [0, 0.1) is 5.92 Å². The van der Waals surface area contributed by atoms with Gasteiger partial charge in [0.1, 0.15) is 23.6 Å². The molecule has 11 nitrogen and oxygen atoms in total. The number of ketones is 1. The fourth-order valence-electron chi connectivity index (χ4n) is 4.09. The van der Waals surface area contributed by atoms with E-state index in [2.05, 4.69) is 29.3 Å². The number of ether oxygens (including phenoxy) is 1. The molecule has 2 aromatic heterocycles. The Hall–Kier alpha value is -3.56. The summed E-state index contributed by atoms with van der Waals surface area (Å²) < 4.78 is 69.5. The van der Waals surface area contributed by atoms with Crippen molar-refractivity contribution in [2.45, 2.75) is 38.2 Å². The number of carbonyl (C=O) groups excluding carboxylic acids is 1. The molecule has 15 heteroatoms. The van der Waals surface area contributed by atoms with Gasteiger partial charge in [-0.1, -0.05) is 12.1 Å².